The van der Waals surface area contributed by atoms with Crippen molar-refractivity contribution in [1.29, 1.82) is 5.41 Å². The van der Waals surface area contributed by atoms with Gasteiger partial charge in [0, 0.05) is 31.1 Å². The molecule has 41 heavy (non-hydrogen) atoms. The van der Waals surface area contributed by atoms with Crippen LogP contribution < -0.4 is 15.5 Å². The summed E-state index contributed by atoms with van der Waals surface area (Å²) in [5.41, 5.74) is 1.36. The molecule has 3 heterocycles. The molecule has 10 heteroatoms. The summed E-state index contributed by atoms with van der Waals surface area (Å²) in [6.07, 6.45) is 16.9. The predicted molar refractivity (Wildman–Crippen MR) is 162 cm³/mol. The van der Waals surface area contributed by atoms with E-state index in [0.717, 1.165) is 69.5 Å². The molecule has 222 valence electrons. The highest BCUT2D eigenvalue weighted by molar-refractivity contribution is 6.03. The fourth-order valence-corrected chi connectivity index (χ4v) is 6.89. The van der Waals surface area contributed by atoms with Crippen LogP contribution in [0.5, 0.6) is 0 Å². The lowest BCUT2D eigenvalue weighted by atomic mass is 9.80. The molecule has 5 rings (SSSR count). The van der Waals surface area contributed by atoms with E-state index in [9.17, 15) is 9.90 Å². The van der Waals surface area contributed by atoms with Gasteiger partial charge >= 0.3 is 6.09 Å². The monoisotopic (exact) mass is 562 g/mol. The summed E-state index contributed by atoms with van der Waals surface area (Å²) < 4.78 is 2.34. The summed E-state index contributed by atoms with van der Waals surface area (Å²) in [7, 11) is 0. The van der Waals surface area contributed by atoms with Crippen molar-refractivity contribution < 1.29 is 9.90 Å². The SMILES string of the molecule is C#CC1CCC(Cn2c(N3CCCC[C@@H]3CC(C)C)nc3nc(C(=N)NC(=O)O)nc(N[C@H](C)C4CCC4)c32)CC1. The Hall–Kier alpha value is -3.35. The smallest absolute Gasteiger partial charge is 0.410 e. The van der Waals surface area contributed by atoms with Crippen molar-refractivity contribution in [2.45, 2.75) is 110 Å². The number of carbonyl (C=O) groups is 1. The number of piperidine rings is 1. The third-order valence-electron chi connectivity index (χ3n) is 9.41. The molecule has 0 radical (unpaired) electrons. The molecule has 1 saturated heterocycles. The van der Waals surface area contributed by atoms with Crippen molar-refractivity contribution in [3.05, 3.63) is 5.82 Å². The lowest BCUT2D eigenvalue weighted by molar-refractivity contribution is 0.200. The Morgan fingerprint density at radius 3 is 2.46 bits per heavy atom. The number of hydrogen-bond donors (Lipinski definition) is 4. The van der Waals surface area contributed by atoms with E-state index >= 15 is 0 Å². The number of imidazole rings is 1. The number of nitrogens with zero attached hydrogens (tertiary/aromatic N) is 5. The van der Waals surface area contributed by atoms with Crippen molar-refractivity contribution in [2.24, 2.45) is 23.7 Å². The molecule has 4 N–H and O–H groups in total. The molecule has 3 fully saturated rings. The van der Waals surface area contributed by atoms with E-state index < -0.39 is 6.09 Å². The van der Waals surface area contributed by atoms with Crippen LogP contribution in [-0.4, -0.2) is 55.2 Å². The Morgan fingerprint density at radius 2 is 1.83 bits per heavy atom. The number of carboxylic acid groups (broad SMARTS) is 1. The van der Waals surface area contributed by atoms with Crippen LogP contribution >= 0.6 is 0 Å². The maximum absolute atomic E-state index is 11.3. The number of amidine groups is 1. The van der Waals surface area contributed by atoms with E-state index in [4.69, 9.17) is 21.8 Å². The van der Waals surface area contributed by atoms with Gasteiger partial charge in [-0.25, -0.2) is 14.8 Å². The average molecular weight is 563 g/mol. The third kappa shape index (κ3) is 6.60. The van der Waals surface area contributed by atoms with Gasteiger partial charge in [0.15, 0.2) is 23.1 Å². The summed E-state index contributed by atoms with van der Waals surface area (Å²) in [5.74, 6) is 6.18. The fourth-order valence-electron chi connectivity index (χ4n) is 6.89. The molecule has 0 aromatic carbocycles. The summed E-state index contributed by atoms with van der Waals surface area (Å²) in [5, 5.41) is 23.4. The van der Waals surface area contributed by atoms with Crippen LogP contribution in [0, 0.1) is 41.4 Å². The summed E-state index contributed by atoms with van der Waals surface area (Å²) in [6.45, 7) is 8.51. The van der Waals surface area contributed by atoms with Gasteiger partial charge in [0.2, 0.25) is 5.95 Å². The molecule has 1 aliphatic heterocycles. The van der Waals surface area contributed by atoms with Gasteiger partial charge in [-0.15, -0.1) is 12.3 Å². The minimum Gasteiger partial charge on any atom is -0.465 e. The number of hydrogen-bond acceptors (Lipinski definition) is 7. The summed E-state index contributed by atoms with van der Waals surface area (Å²) >= 11 is 0. The first-order chi connectivity index (χ1) is 19.7. The van der Waals surface area contributed by atoms with Crippen LogP contribution in [0.25, 0.3) is 11.2 Å². The molecule has 0 unspecified atom stereocenters. The topological polar surface area (TPSA) is 132 Å². The number of amides is 1. The van der Waals surface area contributed by atoms with Crippen LogP contribution in [0.15, 0.2) is 0 Å². The van der Waals surface area contributed by atoms with Crippen LogP contribution in [0.2, 0.25) is 0 Å². The molecule has 0 spiro atoms. The van der Waals surface area contributed by atoms with Crippen molar-refractivity contribution in [2.75, 3.05) is 16.8 Å². The zero-order valence-corrected chi connectivity index (χ0v) is 24.8. The molecule has 3 aliphatic rings. The summed E-state index contributed by atoms with van der Waals surface area (Å²) in [4.78, 5) is 28.4. The molecule has 2 saturated carbocycles. The maximum atomic E-state index is 11.3. The zero-order valence-electron chi connectivity index (χ0n) is 24.8. The second kappa shape index (κ2) is 12.7. The fraction of sp³-hybridized carbons (Fsp3) is 0.710. The van der Waals surface area contributed by atoms with Gasteiger partial charge in [-0.3, -0.25) is 10.7 Å². The number of terminal acetylenes is 1. The standard InChI is InChI=1S/C31H46N8O2/c1-5-21-12-14-22(15-13-21)18-39-25-27(33-20(4)23-9-8-10-23)35-29(26(32)34-31(40)41)36-28(25)37-30(39)38-16-7-6-11-24(38)17-19(2)3/h1,19-24H,6-18H2,2-4H3,(H2,32,34)(H,40,41)(H,33,35,36)/t20-,21?,22?,24-/m1/s1. The maximum Gasteiger partial charge on any atom is 0.410 e. The van der Waals surface area contributed by atoms with E-state index in [1.54, 1.807) is 0 Å². The van der Waals surface area contributed by atoms with E-state index in [0.29, 0.717) is 41.2 Å². The molecule has 10 nitrogen and oxygen atoms in total. The minimum atomic E-state index is -1.31. The van der Waals surface area contributed by atoms with E-state index in [1.807, 2.05) is 0 Å². The Morgan fingerprint density at radius 1 is 1.07 bits per heavy atom. The van der Waals surface area contributed by atoms with E-state index in [2.05, 4.69) is 51.8 Å². The highest BCUT2D eigenvalue weighted by atomic mass is 16.4. The van der Waals surface area contributed by atoms with Gasteiger partial charge in [-0.05, 0) is 88.9 Å². The molecule has 2 aromatic rings. The Balaban J connectivity index is 1.61. The largest absolute Gasteiger partial charge is 0.465 e. The number of fused-ring (bicyclic) bond motifs is 1. The van der Waals surface area contributed by atoms with Gasteiger partial charge in [-0.1, -0.05) is 20.3 Å². The molecule has 2 aromatic heterocycles. The van der Waals surface area contributed by atoms with Gasteiger partial charge in [-0.2, -0.15) is 4.98 Å². The number of rotatable bonds is 9. The van der Waals surface area contributed by atoms with E-state index in [-0.39, 0.29) is 17.7 Å². The normalized spacial score (nSPS) is 24.1. The molecule has 0 bridgehead atoms. The molecule has 1 amide bonds. The van der Waals surface area contributed by atoms with Crippen LogP contribution in [0.4, 0.5) is 16.6 Å². The predicted octanol–water partition coefficient (Wildman–Crippen LogP) is 5.86. The van der Waals surface area contributed by atoms with Crippen LogP contribution in [0.1, 0.15) is 97.2 Å². The van der Waals surface area contributed by atoms with Gasteiger partial charge in [0.1, 0.15) is 5.52 Å². The molecular weight excluding hydrogens is 516 g/mol. The van der Waals surface area contributed by atoms with Crippen molar-refractivity contribution in [1.82, 2.24) is 24.8 Å². The Labute approximate surface area is 243 Å². The van der Waals surface area contributed by atoms with E-state index in [1.165, 1.54) is 25.7 Å². The lowest BCUT2D eigenvalue weighted by Crippen LogP contribution is -2.42. The lowest BCUT2D eigenvalue weighted by Gasteiger charge is -2.38. The molecular formula is C31H46N8O2. The average Bonchev–Trinajstić information content (AvgIpc) is 3.25. The molecule has 2 atom stereocenters. The van der Waals surface area contributed by atoms with Crippen molar-refractivity contribution in [3.63, 3.8) is 0 Å². The summed E-state index contributed by atoms with van der Waals surface area (Å²) in [6, 6.07) is 0.596. The van der Waals surface area contributed by atoms with Crippen molar-refractivity contribution >= 4 is 34.9 Å². The minimum absolute atomic E-state index is 0.0336. The quantitative estimate of drug-likeness (QED) is 0.171. The molecule has 2 aliphatic carbocycles. The Bertz CT molecular complexity index is 1290. The van der Waals surface area contributed by atoms with Gasteiger partial charge in [0.25, 0.3) is 0 Å². The second-order valence-corrected chi connectivity index (χ2v) is 12.9. The number of nitrogens with one attached hydrogen (secondary N) is 3. The zero-order chi connectivity index (χ0) is 29.1. The highest BCUT2D eigenvalue weighted by Crippen LogP contribution is 2.37. The van der Waals surface area contributed by atoms with Crippen LogP contribution in [0.3, 0.4) is 0 Å². The third-order valence-corrected chi connectivity index (χ3v) is 9.41. The first-order valence-corrected chi connectivity index (χ1v) is 15.6. The second-order valence-electron chi connectivity index (χ2n) is 12.9. The first-order valence-electron chi connectivity index (χ1n) is 15.6. The number of aromatic nitrogens is 4. The van der Waals surface area contributed by atoms with Gasteiger partial charge < -0.3 is 19.9 Å². The highest BCUT2D eigenvalue weighted by Gasteiger charge is 2.32. The van der Waals surface area contributed by atoms with Crippen molar-refractivity contribution in [3.8, 4) is 12.3 Å². The van der Waals surface area contributed by atoms with Crippen LogP contribution in [-0.2, 0) is 6.54 Å². The Kier molecular flexibility index (Phi) is 9.00. The first kappa shape index (κ1) is 29.2. The van der Waals surface area contributed by atoms with Gasteiger partial charge in [0.05, 0.1) is 0 Å². The number of anilines is 2.